The predicted molar refractivity (Wildman–Crippen MR) is 74.1 cm³/mol. The summed E-state index contributed by atoms with van der Waals surface area (Å²) in [5.74, 6) is -1.54. The lowest BCUT2D eigenvalue weighted by molar-refractivity contribution is -0.139. The zero-order valence-corrected chi connectivity index (χ0v) is 11.7. The molecule has 1 amide bonds. The molecule has 0 aliphatic rings. The zero-order chi connectivity index (χ0) is 14.4. The summed E-state index contributed by atoms with van der Waals surface area (Å²) >= 11 is 0. The number of rotatable bonds is 6. The maximum Gasteiger partial charge on any atom is 0.310 e. The van der Waals surface area contributed by atoms with Crippen molar-refractivity contribution in [1.82, 2.24) is 4.90 Å². The molecule has 1 unspecified atom stereocenters. The maximum absolute atomic E-state index is 11.5. The van der Waals surface area contributed by atoms with Crippen LogP contribution >= 0.6 is 0 Å². The Labute approximate surface area is 114 Å². The highest BCUT2D eigenvalue weighted by Crippen LogP contribution is 2.22. The number of benzene rings is 1. The second-order valence-corrected chi connectivity index (χ2v) is 4.81. The van der Waals surface area contributed by atoms with Crippen LogP contribution in [-0.2, 0) is 16.0 Å². The lowest BCUT2D eigenvalue weighted by atomic mass is 9.93. The minimum Gasteiger partial charge on any atom is -0.481 e. The van der Waals surface area contributed by atoms with E-state index in [9.17, 15) is 14.7 Å². The molecule has 0 fully saturated rings. The van der Waals surface area contributed by atoms with E-state index in [1.165, 1.54) is 10.5 Å². The molecule has 0 saturated carbocycles. The molecule has 1 aromatic carbocycles. The molecular formula is C15H21NO3. The monoisotopic (exact) mass is 263 g/mol. The van der Waals surface area contributed by atoms with Crippen LogP contribution in [0.25, 0.3) is 0 Å². The van der Waals surface area contributed by atoms with E-state index in [1.807, 2.05) is 24.3 Å². The van der Waals surface area contributed by atoms with Gasteiger partial charge in [-0.1, -0.05) is 31.2 Å². The van der Waals surface area contributed by atoms with Crippen molar-refractivity contribution >= 4 is 11.9 Å². The van der Waals surface area contributed by atoms with Gasteiger partial charge in [0.2, 0.25) is 5.91 Å². The number of carbonyl (C=O) groups is 2. The first kappa shape index (κ1) is 15.2. The highest BCUT2D eigenvalue weighted by Gasteiger charge is 2.21. The van der Waals surface area contributed by atoms with E-state index in [0.29, 0.717) is 6.42 Å². The van der Waals surface area contributed by atoms with E-state index in [2.05, 4.69) is 6.92 Å². The summed E-state index contributed by atoms with van der Waals surface area (Å²) < 4.78 is 0. The summed E-state index contributed by atoms with van der Waals surface area (Å²) in [7, 11) is 3.35. The van der Waals surface area contributed by atoms with Crippen molar-refractivity contribution in [1.29, 1.82) is 0 Å². The summed E-state index contributed by atoms with van der Waals surface area (Å²) in [4.78, 5) is 24.3. The number of carbonyl (C=O) groups excluding carboxylic acids is 1. The largest absolute Gasteiger partial charge is 0.481 e. The number of hydrogen-bond acceptors (Lipinski definition) is 2. The van der Waals surface area contributed by atoms with Crippen LogP contribution in [0, 0.1) is 0 Å². The second-order valence-electron chi connectivity index (χ2n) is 4.81. The van der Waals surface area contributed by atoms with Gasteiger partial charge in [-0.25, -0.2) is 0 Å². The normalized spacial score (nSPS) is 11.9. The van der Waals surface area contributed by atoms with Crippen LogP contribution in [0.5, 0.6) is 0 Å². The average Bonchev–Trinajstić information content (AvgIpc) is 2.38. The number of aryl methyl sites for hydroxylation is 1. The molecule has 0 aliphatic carbocycles. The fourth-order valence-electron chi connectivity index (χ4n) is 1.91. The Bertz CT molecular complexity index is 437. The van der Waals surface area contributed by atoms with Crippen LogP contribution in [0.1, 0.15) is 36.8 Å². The lowest BCUT2D eigenvalue weighted by Gasteiger charge is -2.15. The van der Waals surface area contributed by atoms with Gasteiger partial charge < -0.3 is 10.0 Å². The molecule has 1 N–H and O–H groups in total. The number of amides is 1. The number of carboxylic acid groups (broad SMARTS) is 1. The smallest absolute Gasteiger partial charge is 0.310 e. The van der Waals surface area contributed by atoms with Crippen molar-refractivity contribution in [3.8, 4) is 0 Å². The first-order chi connectivity index (χ1) is 8.95. The van der Waals surface area contributed by atoms with Crippen LogP contribution in [-0.4, -0.2) is 36.0 Å². The van der Waals surface area contributed by atoms with Crippen molar-refractivity contribution in [2.45, 2.75) is 32.1 Å². The second kappa shape index (κ2) is 6.92. The van der Waals surface area contributed by atoms with E-state index in [1.54, 1.807) is 14.1 Å². The topological polar surface area (TPSA) is 57.6 Å². The molecule has 19 heavy (non-hydrogen) atoms. The van der Waals surface area contributed by atoms with Gasteiger partial charge in [-0.2, -0.15) is 0 Å². The number of hydrogen-bond donors (Lipinski definition) is 1. The van der Waals surface area contributed by atoms with Crippen LogP contribution < -0.4 is 0 Å². The molecule has 1 atom stereocenters. The molecule has 0 spiro atoms. The third-order valence-electron chi connectivity index (χ3n) is 3.23. The molecule has 1 rings (SSSR count). The van der Waals surface area contributed by atoms with Gasteiger partial charge in [0.1, 0.15) is 0 Å². The van der Waals surface area contributed by atoms with Crippen molar-refractivity contribution in [3.05, 3.63) is 35.4 Å². The quantitative estimate of drug-likeness (QED) is 0.856. The Kier molecular flexibility index (Phi) is 5.55. The highest BCUT2D eigenvalue weighted by molar-refractivity contribution is 5.79. The fraction of sp³-hybridized carbons (Fsp3) is 0.467. The summed E-state index contributed by atoms with van der Waals surface area (Å²) in [6.07, 6.45) is 1.51. The Morgan fingerprint density at radius 2 is 1.79 bits per heavy atom. The van der Waals surface area contributed by atoms with Crippen LogP contribution in [0.15, 0.2) is 24.3 Å². The SMILES string of the molecule is CCc1ccc(C(CCC(=O)N(C)C)C(=O)O)cc1. The standard InChI is InChI=1S/C15H21NO3/c1-4-11-5-7-12(8-6-11)13(15(18)19)9-10-14(17)16(2)3/h5-8,13H,4,9-10H2,1-3H3,(H,18,19). The minimum atomic E-state index is -0.879. The van der Waals surface area contributed by atoms with Crippen molar-refractivity contribution in [2.24, 2.45) is 0 Å². The molecule has 4 heteroatoms. The van der Waals surface area contributed by atoms with Crippen LogP contribution in [0.4, 0.5) is 0 Å². The first-order valence-electron chi connectivity index (χ1n) is 6.47. The Morgan fingerprint density at radius 1 is 1.21 bits per heavy atom. The summed E-state index contributed by atoms with van der Waals surface area (Å²) in [5.41, 5.74) is 1.94. The molecule has 0 radical (unpaired) electrons. The number of nitrogens with zero attached hydrogens (tertiary/aromatic N) is 1. The Morgan fingerprint density at radius 3 is 2.21 bits per heavy atom. The average molecular weight is 263 g/mol. The Hall–Kier alpha value is -1.84. The molecule has 0 aliphatic heterocycles. The van der Waals surface area contributed by atoms with Crippen molar-refractivity contribution in [3.63, 3.8) is 0 Å². The van der Waals surface area contributed by atoms with Crippen molar-refractivity contribution < 1.29 is 14.7 Å². The summed E-state index contributed by atoms with van der Waals surface area (Å²) in [6.45, 7) is 2.05. The van der Waals surface area contributed by atoms with Crippen molar-refractivity contribution in [2.75, 3.05) is 14.1 Å². The van der Waals surface area contributed by atoms with E-state index in [4.69, 9.17) is 0 Å². The summed E-state index contributed by atoms with van der Waals surface area (Å²) in [5, 5.41) is 9.28. The Balaban J connectivity index is 2.76. The molecule has 4 nitrogen and oxygen atoms in total. The van der Waals surface area contributed by atoms with Gasteiger partial charge in [0.25, 0.3) is 0 Å². The van der Waals surface area contributed by atoms with Gasteiger partial charge in [0.05, 0.1) is 5.92 Å². The van der Waals surface area contributed by atoms with Gasteiger partial charge in [-0.15, -0.1) is 0 Å². The van der Waals surface area contributed by atoms with Crippen LogP contribution in [0.3, 0.4) is 0 Å². The predicted octanol–water partition coefficient (Wildman–Crippen LogP) is 2.29. The van der Waals surface area contributed by atoms with Gasteiger partial charge in [0.15, 0.2) is 0 Å². The van der Waals surface area contributed by atoms with Gasteiger partial charge in [-0.3, -0.25) is 9.59 Å². The van der Waals surface area contributed by atoms with Gasteiger partial charge >= 0.3 is 5.97 Å². The third-order valence-corrected chi connectivity index (χ3v) is 3.23. The molecule has 0 heterocycles. The number of aliphatic carboxylic acids is 1. The molecule has 1 aromatic rings. The third kappa shape index (κ3) is 4.39. The summed E-state index contributed by atoms with van der Waals surface area (Å²) in [6, 6.07) is 7.58. The molecule has 0 bridgehead atoms. The number of carboxylic acids is 1. The minimum absolute atomic E-state index is 0.0450. The van der Waals surface area contributed by atoms with Gasteiger partial charge in [0, 0.05) is 20.5 Å². The zero-order valence-electron chi connectivity index (χ0n) is 11.7. The maximum atomic E-state index is 11.5. The first-order valence-corrected chi connectivity index (χ1v) is 6.47. The molecule has 104 valence electrons. The van der Waals surface area contributed by atoms with Crippen LogP contribution in [0.2, 0.25) is 0 Å². The van der Waals surface area contributed by atoms with E-state index < -0.39 is 11.9 Å². The lowest BCUT2D eigenvalue weighted by Crippen LogP contribution is -2.23. The highest BCUT2D eigenvalue weighted by atomic mass is 16.4. The van der Waals surface area contributed by atoms with E-state index >= 15 is 0 Å². The molecule has 0 aromatic heterocycles. The van der Waals surface area contributed by atoms with E-state index in [0.717, 1.165) is 12.0 Å². The van der Waals surface area contributed by atoms with E-state index in [-0.39, 0.29) is 12.3 Å². The molecular weight excluding hydrogens is 242 g/mol. The molecule has 0 saturated heterocycles. The van der Waals surface area contributed by atoms with Gasteiger partial charge in [-0.05, 0) is 24.0 Å². The fourth-order valence-corrected chi connectivity index (χ4v) is 1.91.